The van der Waals surface area contributed by atoms with E-state index in [1.165, 1.54) is 32.6 Å². The average Bonchev–Trinajstić information content (AvgIpc) is 2.81. The van der Waals surface area contributed by atoms with Crippen LogP contribution < -0.4 is 15.8 Å². The molecule has 1 amide bonds. The first kappa shape index (κ1) is 29.4. The summed E-state index contributed by atoms with van der Waals surface area (Å²) in [6.45, 7) is 3.79. The lowest BCUT2D eigenvalue weighted by Gasteiger charge is -2.13. The number of carbonyl (C=O) groups excluding carboxylic acids is 1. The van der Waals surface area contributed by atoms with Crippen LogP contribution in [0.4, 0.5) is 23.7 Å². The van der Waals surface area contributed by atoms with Crippen LogP contribution in [0.1, 0.15) is 11.1 Å². The predicted octanol–water partition coefficient (Wildman–Crippen LogP) is 4.50. The lowest BCUT2D eigenvalue weighted by molar-refractivity contribution is 0.105. The normalized spacial score (nSPS) is 13.5. The van der Waals surface area contributed by atoms with Gasteiger partial charge in [0.2, 0.25) is 0 Å². The second-order valence-electron chi connectivity index (χ2n) is 7.54. The van der Waals surface area contributed by atoms with Gasteiger partial charge in [-0.2, -0.15) is 0 Å². The van der Waals surface area contributed by atoms with E-state index in [4.69, 9.17) is 19.9 Å². The molecule has 0 radical (unpaired) electrons. The first-order chi connectivity index (χ1) is 17.5. The van der Waals surface area contributed by atoms with Crippen molar-refractivity contribution in [3.63, 3.8) is 0 Å². The highest BCUT2D eigenvalue weighted by molar-refractivity contribution is 7.92. The standard InChI is InChI=1S/C24H27F3N4O5S/c1-15(30-23(21(27)13-28)20-6-5-17(25)12-22(20)35-3)29-19-10-16(9-18(26)11-19)14-37(4,33)31-24(32)36-8-7-34-2/h5-6,9-13,29H,1,7-8,14,28H2,2-4H3/b21-13+,30-23-. The molecule has 0 aliphatic rings. The van der Waals surface area contributed by atoms with Crippen molar-refractivity contribution in [2.75, 3.05) is 39.0 Å². The first-order valence-electron chi connectivity index (χ1n) is 10.6. The van der Waals surface area contributed by atoms with Crippen LogP contribution in [0.3, 0.4) is 0 Å². The number of allylic oxidation sites excluding steroid dienone is 1. The Bertz CT molecular complexity index is 1340. The lowest BCUT2D eigenvalue weighted by Crippen LogP contribution is -2.11. The fourth-order valence-corrected chi connectivity index (χ4v) is 4.27. The van der Waals surface area contributed by atoms with Gasteiger partial charge in [-0.15, -0.1) is 4.36 Å². The number of nitrogens with zero attached hydrogens (tertiary/aromatic N) is 2. The number of hydrogen-bond acceptors (Lipinski definition) is 8. The molecule has 0 heterocycles. The van der Waals surface area contributed by atoms with Gasteiger partial charge in [0.05, 0.1) is 29.2 Å². The summed E-state index contributed by atoms with van der Waals surface area (Å²) in [5.74, 6) is -2.64. The summed E-state index contributed by atoms with van der Waals surface area (Å²) in [4.78, 5) is 15.8. The molecule has 2 aromatic rings. The molecule has 200 valence electrons. The Morgan fingerprint density at radius 3 is 2.54 bits per heavy atom. The molecular formula is C24H27F3N4O5S. The van der Waals surface area contributed by atoms with E-state index in [1.807, 2.05) is 0 Å². The number of rotatable bonds is 11. The molecular weight excluding hydrogens is 513 g/mol. The highest BCUT2D eigenvalue weighted by Crippen LogP contribution is 2.25. The average molecular weight is 541 g/mol. The number of hydrogen-bond donors (Lipinski definition) is 2. The van der Waals surface area contributed by atoms with Gasteiger partial charge in [-0.05, 0) is 35.9 Å². The van der Waals surface area contributed by atoms with Crippen LogP contribution in [-0.2, 0) is 25.0 Å². The maximum absolute atomic E-state index is 14.6. The minimum Gasteiger partial charge on any atom is -0.496 e. The summed E-state index contributed by atoms with van der Waals surface area (Å²) in [5.41, 5.74) is 5.49. The predicted molar refractivity (Wildman–Crippen MR) is 135 cm³/mol. The molecule has 13 heteroatoms. The molecule has 0 bridgehead atoms. The molecule has 0 aliphatic heterocycles. The van der Waals surface area contributed by atoms with Crippen LogP contribution in [0.15, 0.2) is 70.2 Å². The fraction of sp³-hybridized carbons (Fsp3) is 0.250. The number of anilines is 1. The Morgan fingerprint density at radius 2 is 1.89 bits per heavy atom. The van der Waals surface area contributed by atoms with E-state index >= 15 is 0 Å². The van der Waals surface area contributed by atoms with E-state index in [9.17, 15) is 22.2 Å². The van der Waals surface area contributed by atoms with Crippen molar-refractivity contribution < 1.29 is 36.4 Å². The number of halogens is 3. The number of benzene rings is 2. The number of nitrogens with one attached hydrogen (secondary N) is 1. The molecule has 0 fully saturated rings. The Morgan fingerprint density at radius 1 is 1.16 bits per heavy atom. The fourth-order valence-electron chi connectivity index (χ4n) is 3.06. The zero-order chi connectivity index (χ0) is 27.6. The maximum Gasteiger partial charge on any atom is 0.441 e. The van der Waals surface area contributed by atoms with Crippen LogP contribution >= 0.6 is 0 Å². The van der Waals surface area contributed by atoms with Gasteiger partial charge in [-0.3, -0.25) is 0 Å². The molecule has 0 saturated heterocycles. The Kier molecular flexibility index (Phi) is 10.7. The molecule has 3 N–H and O–H groups in total. The molecule has 1 unspecified atom stereocenters. The third-order valence-electron chi connectivity index (χ3n) is 4.50. The lowest BCUT2D eigenvalue weighted by atomic mass is 10.1. The minimum atomic E-state index is -3.11. The molecule has 37 heavy (non-hydrogen) atoms. The van der Waals surface area contributed by atoms with Crippen LogP contribution in [0.5, 0.6) is 5.75 Å². The van der Waals surface area contributed by atoms with E-state index in [1.54, 1.807) is 0 Å². The van der Waals surface area contributed by atoms with Gasteiger partial charge < -0.3 is 25.3 Å². The van der Waals surface area contributed by atoms with E-state index < -0.39 is 33.3 Å². The largest absolute Gasteiger partial charge is 0.496 e. The molecule has 1 atom stereocenters. The Balaban J connectivity index is 2.31. The summed E-state index contributed by atoms with van der Waals surface area (Å²) >= 11 is 0. The van der Waals surface area contributed by atoms with Crippen molar-refractivity contribution in [1.82, 2.24) is 0 Å². The monoisotopic (exact) mass is 540 g/mol. The van der Waals surface area contributed by atoms with Crippen molar-refractivity contribution in [2.24, 2.45) is 15.1 Å². The zero-order valence-electron chi connectivity index (χ0n) is 20.4. The molecule has 0 saturated carbocycles. The summed E-state index contributed by atoms with van der Waals surface area (Å²) in [6.07, 6.45) is 0.869. The van der Waals surface area contributed by atoms with E-state index in [0.717, 1.165) is 24.3 Å². The highest BCUT2D eigenvalue weighted by atomic mass is 32.2. The maximum atomic E-state index is 14.6. The van der Waals surface area contributed by atoms with Crippen LogP contribution in [0, 0.1) is 11.6 Å². The minimum absolute atomic E-state index is 0.00112. The summed E-state index contributed by atoms with van der Waals surface area (Å²) < 4.78 is 73.4. The summed E-state index contributed by atoms with van der Waals surface area (Å²) in [7, 11) is -0.412. The number of amides is 1. The van der Waals surface area contributed by atoms with Crippen LogP contribution in [0.25, 0.3) is 0 Å². The molecule has 0 aliphatic carbocycles. The molecule has 2 rings (SSSR count). The molecule has 0 aromatic heterocycles. The summed E-state index contributed by atoms with van der Waals surface area (Å²) in [6, 6.07) is 7.05. The second-order valence-corrected chi connectivity index (χ2v) is 9.93. The van der Waals surface area contributed by atoms with E-state index in [0.29, 0.717) is 6.20 Å². The quantitative estimate of drug-likeness (QED) is 0.318. The third-order valence-corrected chi connectivity index (χ3v) is 5.90. The number of aliphatic imine (C=N–C) groups is 1. The number of methoxy groups -OCH3 is 2. The molecule has 0 spiro atoms. The number of ether oxygens (including phenoxy) is 3. The zero-order valence-corrected chi connectivity index (χ0v) is 21.2. The summed E-state index contributed by atoms with van der Waals surface area (Å²) in [5, 5.41) is 2.71. The SMILES string of the molecule is C=C(/N=C(\C(F)=C/N)c1ccc(F)cc1OC)Nc1cc(F)cc(CS(C)(=O)=NC(=O)OCCOC)c1. The van der Waals surface area contributed by atoms with Gasteiger partial charge in [0.25, 0.3) is 0 Å². The first-order valence-corrected chi connectivity index (χ1v) is 12.7. The van der Waals surface area contributed by atoms with E-state index in [-0.39, 0.29) is 53.1 Å². The van der Waals surface area contributed by atoms with Crippen molar-refractivity contribution >= 4 is 27.2 Å². The van der Waals surface area contributed by atoms with Crippen LogP contribution in [-0.4, -0.2) is 49.7 Å². The topological polar surface area (TPSA) is 125 Å². The third kappa shape index (κ3) is 9.28. The van der Waals surface area contributed by atoms with Crippen molar-refractivity contribution in [3.05, 3.63) is 83.6 Å². The van der Waals surface area contributed by atoms with Crippen LogP contribution in [0.2, 0.25) is 0 Å². The number of carbonyl (C=O) groups is 1. The molecule has 9 nitrogen and oxygen atoms in total. The van der Waals surface area contributed by atoms with Crippen molar-refractivity contribution in [2.45, 2.75) is 5.75 Å². The Hall–Kier alpha value is -3.84. The van der Waals surface area contributed by atoms with Gasteiger partial charge in [-0.1, -0.05) is 6.58 Å². The highest BCUT2D eigenvalue weighted by Gasteiger charge is 2.17. The van der Waals surface area contributed by atoms with E-state index in [2.05, 4.69) is 21.3 Å². The van der Waals surface area contributed by atoms with Gasteiger partial charge in [0.1, 0.15) is 35.5 Å². The smallest absolute Gasteiger partial charge is 0.441 e. The molecule has 2 aromatic carbocycles. The second kappa shape index (κ2) is 13.5. The van der Waals surface area contributed by atoms with Gasteiger partial charge in [0.15, 0.2) is 5.83 Å². The van der Waals surface area contributed by atoms with Crippen molar-refractivity contribution in [1.29, 1.82) is 0 Å². The van der Waals surface area contributed by atoms with Gasteiger partial charge in [-0.25, -0.2) is 27.2 Å². The Labute approximate surface area is 213 Å². The van der Waals surface area contributed by atoms with Gasteiger partial charge in [0, 0.05) is 36.9 Å². The number of nitrogens with two attached hydrogens (primary N) is 1. The van der Waals surface area contributed by atoms with Gasteiger partial charge >= 0.3 is 6.09 Å². The van der Waals surface area contributed by atoms with Crippen molar-refractivity contribution in [3.8, 4) is 5.75 Å².